The second kappa shape index (κ2) is 21.2. The lowest BCUT2D eigenvalue weighted by molar-refractivity contribution is 0.0483. The number of esters is 2. The standard InChI is InChI=1S/C24H38O4.C8H6O4/c1-3-5-7-9-11-13-19-27-23(25)21-15-17-22(18-16-21)24(26)28-20-14-12-10-8-6-4-2;9-7(10)5-3-1-2-4-6(5)8(11)12/h15-18H,3-14,19-20H2,1-2H3;1-4H,(H,9,10)(H,11,12). The van der Waals surface area contributed by atoms with E-state index in [0.717, 1.165) is 25.7 Å². The van der Waals surface area contributed by atoms with E-state index in [2.05, 4.69) is 13.8 Å². The molecular formula is C32H44O8. The van der Waals surface area contributed by atoms with Crippen molar-refractivity contribution in [1.29, 1.82) is 0 Å². The highest BCUT2D eigenvalue weighted by molar-refractivity contribution is 6.01. The lowest BCUT2D eigenvalue weighted by Crippen LogP contribution is -2.09. The van der Waals surface area contributed by atoms with Gasteiger partial charge in [0.2, 0.25) is 0 Å². The summed E-state index contributed by atoms with van der Waals surface area (Å²) in [5.41, 5.74) is 0.562. The molecule has 0 atom stereocenters. The fourth-order valence-electron chi connectivity index (χ4n) is 3.86. The molecule has 2 rings (SSSR count). The van der Waals surface area contributed by atoms with Gasteiger partial charge < -0.3 is 19.7 Å². The third kappa shape index (κ3) is 14.5. The van der Waals surface area contributed by atoms with E-state index in [1.165, 1.54) is 75.6 Å². The number of hydrogen-bond donors (Lipinski definition) is 2. The maximum Gasteiger partial charge on any atom is 0.338 e. The number of hydrogen-bond acceptors (Lipinski definition) is 6. The molecule has 0 aliphatic rings. The van der Waals surface area contributed by atoms with Crippen LogP contribution in [-0.2, 0) is 9.47 Å². The quantitative estimate of drug-likeness (QED) is 0.141. The molecule has 0 amide bonds. The van der Waals surface area contributed by atoms with Crippen molar-refractivity contribution in [2.45, 2.75) is 90.9 Å². The van der Waals surface area contributed by atoms with E-state index >= 15 is 0 Å². The SMILES string of the molecule is CCCCCCCCOC(=O)c1ccc(C(=O)OCCCCCCCC)cc1.O=C(O)c1ccccc1C(=O)O. The molecular weight excluding hydrogens is 512 g/mol. The molecule has 0 saturated heterocycles. The highest BCUT2D eigenvalue weighted by Gasteiger charge is 2.14. The summed E-state index contributed by atoms with van der Waals surface area (Å²) in [6.45, 7) is 5.30. The van der Waals surface area contributed by atoms with Gasteiger partial charge in [0.15, 0.2) is 0 Å². The Kier molecular flexibility index (Phi) is 18.2. The highest BCUT2D eigenvalue weighted by Crippen LogP contribution is 2.11. The van der Waals surface area contributed by atoms with E-state index in [0.29, 0.717) is 24.3 Å². The first-order chi connectivity index (χ1) is 19.3. The Labute approximate surface area is 237 Å². The average Bonchev–Trinajstić information content (AvgIpc) is 2.96. The van der Waals surface area contributed by atoms with Gasteiger partial charge in [-0.1, -0.05) is 90.2 Å². The van der Waals surface area contributed by atoms with Crippen molar-refractivity contribution in [2.24, 2.45) is 0 Å². The van der Waals surface area contributed by atoms with E-state index in [1.54, 1.807) is 24.3 Å². The molecule has 0 aromatic heterocycles. The summed E-state index contributed by atoms with van der Waals surface area (Å²) in [4.78, 5) is 45.0. The van der Waals surface area contributed by atoms with Crippen molar-refractivity contribution < 1.29 is 38.9 Å². The molecule has 220 valence electrons. The molecule has 2 aromatic rings. The van der Waals surface area contributed by atoms with Crippen LogP contribution in [0.15, 0.2) is 48.5 Å². The molecule has 40 heavy (non-hydrogen) atoms. The summed E-state index contributed by atoms with van der Waals surface area (Å²) in [5.74, 6) is -3.12. The van der Waals surface area contributed by atoms with Gasteiger partial charge in [0.1, 0.15) is 0 Å². The zero-order valence-electron chi connectivity index (χ0n) is 23.9. The zero-order valence-corrected chi connectivity index (χ0v) is 23.9. The minimum Gasteiger partial charge on any atom is -0.478 e. The van der Waals surface area contributed by atoms with Gasteiger partial charge in [0.25, 0.3) is 0 Å². The van der Waals surface area contributed by atoms with Crippen LogP contribution < -0.4 is 0 Å². The van der Waals surface area contributed by atoms with Gasteiger partial charge in [-0.05, 0) is 49.2 Å². The topological polar surface area (TPSA) is 127 Å². The number of carbonyl (C=O) groups is 4. The largest absolute Gasteiger partial charge is 0.478 e. The fourth-order valence-corrected chi connectivity index (χ4v) is 3.86. The molecule has 0 spiro atoms. The lowest BCUT2D eigenvalue weighted by Gasteiger charge is -2.07. The summed E-state index contributed by atoms with van der Waals surface area (Å²) in [7, 11) is 0. The van der Waals surface area contributed by atoms with Crippen molar-refractivity contribution in [1.82, 2.24) is 0 Å². The Morgan fingerprint density at radius 1 is 0.525 bits per heavy atom. The lowest BCUT2D eigenvalue weighted by atomic mass is 10.1. The van der Waals surface area contributed by atoms with Crippen molar-refractivity contribution >= 4 is 23.9 Å². The number of ether oxygens (including phenoxy) is 2. The number of carbonyl (C=O) groups excluding carboxylic acids is 2. The zero-order chi connectivity index (χ0) is 29.6. The maximum atomic E-state index is 12.0. The summed E-state index contributed by atoms with van der Waals surface area (Å²) in [6, 6.07) is 12.0. The molecule has 0 heterocycles. The minimum atomic E-state index is -1.23. The molecule has 0 aliphatic carbocycles. The summed E-state index contributed by atoms with van der Waals surface area (Å²) in [5, 5.41) is 17.1. The second-order valence-electron chi connectivity index (χ2n) is 9.54. The van der Waals surface area contributed by atoms with Gasteiger partial charge in [-0.15, -0.1) is 0 Å². The number of carboxylic acid groups (broad SMARTS) is 2. The normalized spacial score (nSPS) is 10.2. The van der Waals surface area contributed by atoms with Gasteiger partial charge >= 0.3 is 23.9 Å². The number of rotatable bonds is 18. The first-order valence-electron chi connectivity index (χ1n) is 14.3. The van der Waals surface area contributed by atoms with Crippen LogP contribution in [0.1, 0.15) is 132 Å². The molecule has 0 fully saturated rings. The van der Waals surface area contributed by atoms with Crippen molar-refractivity contribution in [2.75, 3.05) is 13.2 Å². The van der Waals surface area contributed by atoms with Crippen LogP contribution in [0.25, 0.3) is 0 Å². The van der Waals surface area contributed by atoms with Crippen LogP contribution in [0, 0.1) is 0 Å². The minimum absolute atomic E-state index is 0.190. The maximum absolute atomic E-state index is 12.0. The van der Waals surface area contributed by atoms with Gasteiger partial charge in [-0.2, -0.15) is 0 Å². The molecule has 2 N–H and O–H groups in total. The Balaban J connectivity index is 0.000000552. The van der Waals surface area contributed by atoms with Crippen molar-refractivity contribution in [3.63, 3.8) is 0 Å². The van der Waals surface area contributed by atoms with Crippen molar-refractivity contribution in [3.8, 4) is 0 Å². The molecule has 8 nitrogen and oxygen atoms in total. The monoisotopic (exact) mass is 556 g/mol. The predicted octanol–water partition coefficient (Wildman–Crippen LogP) is 7.80. The number of benzene rings is 2. The third-order valence-corrected chi connectivity index (χ3v) is 6.21. The van der Waals surface area contributed by atoms with E-state index in [1.807, 2.05) is 0 Å². The second-order valence-corrected chi connectivity index (χ2v) is 9.54. The van der Waals surface area contributed by atoms with Gasteiger partial charge in [0, 0.05) is 0 Å². The Bertz CT molecular complexity index is 947. The summed E-state index contributed by atoms with van der Waals surface area (Å²) >= 11 is 0. The van der Waals surface area contributed by atoms with Gasteiger partial charge in [0.05, 0.1) is 35.5 Å². The Hall–Kier alpha value is -3.68. The first kappa shape index (κ1) is 34.3. The van der Waals surface area contributed by atoms with Gasteiger partial charge in [-0.25, -0.2) is 19.2 Å². The van der Waals surface area contributed by atoms with Crippen LogP contribution in [0.4, 0.5) is 0 Å². The molecule has 2 aromatic carbocycles. The van der Waals surface area contributed by atoms with Crippen molar-refractivity contribution in [3.05, 3.63) is 70.8 Å². The Morgan fingerprint density at radius 3 is 1.18 bits per heavy atom. The molecule has 0 bridgehead atoms. The number of unbranched alkanes of at least 4 members (excludes halogenated alkanes) is 10. The van der Waals surface area contributed by atoms with E-state index in [9.17, 15) is 19.2 Å². The van der Waals surface area contributed by atoms with Crippen LogP contribution >= 0.6 is 0 Å². The fraction of sp³-hybridized carbons (Fsp3) is 0.500. The van der Waals surface area contributed by atoms with E-state index < -0.39 is 11.9 Å². The smallest absolute Gasteiger partial charge is 0.338 e. The first-order valence-corrected chi connectivity index (χ1v) is 14.3. The van der Waals surface area contributed by atoms with Crippen LogP contribution in [-0.4, -0.2) is 47.3 Å². The molecule has 0 unspecified atom stereocenters. The van der Waals surface area contributed by atoms with Crippen LogP contribution in [0.2, 0.25) is 0 Å². The average molecular weight is 557 g/mol. The van der Waals surface area contributed by atoms with E-state index in [4.69, 9.17) is 19.7 Å². The van der Waals surface area contributed by atoms with E-state index in [-0.39, 0.29) is 23.1 Å². The summed E-state index contributed by atoms with van der Waals surface area (Å²) < 4.78 is 10.6. The molecule has 8 heteroatoms. The molecule has 0 saturated carbocycles. The third-order valence-electron chi connectivity index (χ3n) is 6.21. The van der Waals surface area contributed by atoms with Gasteiger partial charge in [-0.3, -0.25) is 0 Å². The highest BCUT2D eigenvalue weighted by atomic mass is 16.5. The number of aromatic carboxylic acids is 2. The number of carboxylic acids is 2. The molecule has 0 radical (unpaired) electrons. The Morgan fingerprint density at radius 2 is 0.850 bits per heavy atom. The molecule has 0 aliphatic heterocycles. The van der Waals surface area contributed by atoms with Crippen LogP contribution in [0.5, 0.6) is 0 Å². The summed E-state index contributed by atoms with van der Waals surface area (Å²) in [6.07, 6.45) is 13.9. The predicted molar refractivity (Wildman–Crippen MR) is 154 cm³/mol. The van der Waals surface area contributed by atoms with Crippen LogP contribution in [0.3, 0.4) is 0 Å².